The minimum Gasteiger partial charge on any atom is -0.495 e. The van der Waals surface area contributed by atoms with E-state index < -0.39 is 28.5 Å². The minimum atomic E-state index is -4.23. The lowest BCUT2D eigenvalue weighted by atomic mass is 10.1. The number of halogens is 2. The Balaban J connectivity index is 2.11. The molecular weight excluding hydrogens is 585 g/mol. The molecule has 0 radical (unpaired) electrons. The first kappa shape index (κ1) is 32.2. The van der Waals surface area contributed by atoms with Gasteiger partial charge in [-0.2, -0.15) is 0 Å². The molecule has 1 N–H and O–H groups in total. The number of benzene rings is 3. The SMILES string of the molecule is CCCNC(=O)C(C)N(Cc1ccc(Cl)cc1Cl)C(=O)CN(c1cc(C)ccc1OC)S(=O)(=O)c1ccc(C)cc1. The normalized spacial score (nSPS) is 12.0. The van der Waals surface area contributed by atoms with Crippen LogP contribution in [0.1, 0.15) is 37.0 Å². The number of nitrogens with zero attached hydrogens (tertiary/aromatic N) is 2. The summed E-state index contributed by atoms with van der Waals surface area (Å²) in [4.78, 5) is 28.4. The Morgan fingerprint density at radius 1 is 0.976 bits per heavy atom. The molecule has 0 heterocycles. The molecule has 3 aromatic rings. The second kappa shape index (κ2) is 14.1. The molecule has 1 atom stereocenters. The molecule has 0 saturated carbocycles. The number of aryl methyl sites for hydroxylation is 2. The minimum absolute atomic E-state index is 0.0143. The molecule has 1 unspecified atom stereocenters. The molecule has 0 aliphatic rings. The van der Waals surface area contributed by atoms with Crippen molar-refractivity contribution in [3.8, 4) is 5.75 Å². The van der Waals surface area contributed by atoms with Crippen LogP contribution in [0.4, 0.5) is 5.69 Å². The maximum absolute atomic E-state index is 14.1. The highest BCUT2D eigenvalue weighted by atomic mass is 35.5. The third kappa shape index (κ3) is 7.93. The van der Waals surface area contributed by atoms with E-state index in [2.05, 4.69) is 5.32 Å². The van der Waals surface area contributed by atoms with Crippen molar-refractivity contribution >= 4 is 50.7 Å². The van der Waals surface area contributed by atoms with Crippen molar-refractivity contribution in [3.05, 3.63) is 87.4 Å². The number of sulfonamides is 1. The third-order valence-electron chi connectivity index (χ3n) is 6.56. The van der Waals surface area contributed by atoms with Crippen LogP contribution < -0.4 is 14.4 Å². The Morgan fingerprint density at radius 3 is 2.24 bits per heavy atom. The van der Waals surface area contributed by atoms with Gasteiger partial charge in [-0.05, 0) is 74.7 Å². The van der Waals surface area contributed by atoms with E-state index in [4.69, 9.17) is 27.9 Å². The summed E-state index contributed by atoms with van der Waals surface area (Å²) >= 11 is 12.5. The number of carbonyl (C=O) groups excluding carboxylic acids is 2. The summed E-state index contributed by atoms with van der Waals surface area (Å²) in [5.74, 6) is -0.694. The predicted molar refractivity (Wildman–Crippen MR) is 163 cm³/mol. The van der Waals surface area contributed by atoms with Crippen LogP contribution in [0.2, 0.25) is 10.0 Å². The van der Waals surface area contributed by atoms with Crippen LogP contribution in [0, 0.1) is 13.8 Å². The monoisotopic (exact) mass is 619 g/mol. The van der Waals surface area contributed by atoms with Crippen molar-refractivity contribution in [2.24, 2.45) is 0 Å². The summed E-state index contributed by atoms with van der Waals surface area (Å²) in [7, 11) is -2.80. The molecule has 11 heteroatoms. The number of nitrogens with one attached hydrogen (secondary N) is 1. The van der Waals surface area contributed by atoms with Crippen LogP contribution >= 0.6 is 23.2 Å². The van der Waals surface area contributed by atoms with E-state index in [1.54, 1.807) is 55.5 Å². The molecule has 3 aromatic carbocycles. The number of methoxy groups -OCH3 is 1. The molecular formula is C30H35Cl2N3O5S. The van der Waals surface area contributed by atoms with Gasteiger partial charge < -0.3 is 15.0 Å². The third-order valence-corrected chi connectivity index (χ3v) is 8.92. The van der Waals surface area contributed by atoms with E-state index in [0.717, 1.165) is 15.4 Å². The Hall–Kier alpha value is -3.27. The number of amides is 2. The molecule has 0 saturated heterocycles. The zero-order valence-corrected chi connectivity index (χ0v) is 26.1. The van der Waals surface area contributed by atoms with E-state index >= 15 is 0 Å². The summed E-state index contributed by atoms with van der Waals surface area (Å²) in [5, 5.41) is 3.55. The van der Waals surface area contributed by atoms with Crippen LogP contribution in [0.25, 0.3) is 0 Å². The van der Waals surface area contributed by atoms with Crippen molar-refractivity contribution in [2.45, 2.75) is 51.6 Å². The summed E-state index contributed by atoms with van der Waals surface area (Å²) in [6.45, 7) is 6.98. The molecule has 41 heavy (non-hydrogen) atoms. The molecule has 0 aromatic heterocycles. The van der Waals surface area contributed by atoms with Crippen molar-refractivity contribution in [1.29, 1.82) is 0 Å². The van der Waals surface area contributed by atoms with E-state index in [9.17, 15) is 18.0 Å². The zero-order chi connectivity index (χ0) is 30.3. The number of hydrogen-bond acceptors (Lipinski definition) is 5. The Morgan fingerprint density at radius 2 is 1.63 bits per heavy atom. The summed E-state index contributed by atoms with van der Waals surface area (Å²) in [6, 6.07) is 15.4. The number of rotatable bonds is 12. The molecule has 0 bridgehead atoms. The first-order valence-electron chi connectivity index (χ1n) is 13.1. The van der Waals surface area contributed by atoms with Crippen molar-refractivity contribution < 1.29 is 22.7 Å². The molecule has 0 aliphatic heterocycles. The second-order valence-corrected chi connectivity index (χ2v) is 12.4. The fourth-order valence-corrected chi connectivity index (χ4v) is 6.04. The van der Waals surface area contributed by atoms with Crippen LogP contribution in [0.3, 0.4) is 0 Å². The fraction of sp³-hybridized carbons (Fsp3) is 0.333. The van der Waals surface area contributed by atoms with Gasteiger partial charge in [0.2, 0.25) is 11.8 Å². The summed E-state index contributed by atoms with van der Waals surface area (Å²) in [6.07, 6.45) is 0.713. The second-order valence-electron chi connectivity index (χ2n) is 9.72. The maximum atomic E-state index is 14.1. The van der Waals surface area contributed by atoms with Gasteiger partial charge in [-0.15, -0.1) is 0 Å². The molecule has 0 fully saturated rings. The Kier molecular flexibility index (Phi) is 11.1. The van der Waals surface area contributed by atoms with Gasteiger partial charge in [-0.25, -0.2) is 8.42 Å². The quantitative estimate of drug-likeness (QED) is 0.278. The maximum Gasteiger partial charge on any atom is 0.264 e. The number of carbonyl (C=O) groups is 2. The van der Waals surface area contributed by atoms with Gasteiger partial charge in [0.25, 0.3) is 10.0 Å². The molecule has 8 nitrogen and oxygen atoms in total. The highest BCUT2D eigenvalue weighted by Gasteiger charge is 2.34. The Bertz CT molecular complexity index is 1500. The molecule has 220 valence electrons. The average molecular weight is 621 g/mol. The molecule has 3 rings (SSSR count). The van der Waals surface area contributed by atoms with Gasteiger partial charge in [-0.1, -0.05) is 60.0 Å². The van der Waals surface area contributed by atoms with Crippen LogP contribution in [-0.4, -0.2) is 51.4 Å². The van der Waals surface area contributed by atoms with Gasteiger partial charge in [0.15, 0.2) is 0 Å². The van der Waals surface area contributed by atoms with E-state index in [1.165, 1.54) is 24.1 Å². The van der Waals surface area contributed by atoms with Crippen molar-refractivity contribution in [1.82, 2.24) is 10.2 Å². The highest BCUT2D eigenvalue weighted by molar-refractivity contribution is 7.92. The lowest BCUT2D eigenvalue weighted by molar-refractivity contribution is -0.139. The topological polar surface area (TPSA) is 96.0 Å². The lowest BCUT2D eigenvalue weighted by Crippen LogP contribution is -2.51. The zero-order valence-electron chi connectivity index (χ0n) is 23.8. The van der Waals surface area contributed by atoms with Gasteiger partial charge in [0, 0.05) is 23.1 Å². The van der Waals surface area contributed by atoms with Gasteiger partial charge >= 0.3 is 0 Å². The van der Waals surface area contributed by atoms with Gasteiger partial charge in [0.05, 0.1) is 17.7 Å². The first-order valence-corrected chi connectivity index (χ1v) is 15.3. The standard InChI is InChI=1S/C30H35Cl2N3O5S/c1-6-15-33-30(37)22(4)34(18-23-10-11-24(31)17-26(23)32)29(36)19-35(27-16-21(3)9-14-28(27)40-5)41(38,39)25-12-7-20(2)8-13-25/h7-14,16-17,22H,6,15,18-19H2,1-5H3,(H,33,37). The van der Waals surface area contributed by atoms with Gasteiger partial charge in [0.1, 0.15) is 18.3 Å². The first-order chi connectivity index (χ1) is 19.4. The lowest BCUT2D eigenvalue weighted by Gasteiger charge is -2.32. The molecule has 2 amide bonds. The largest absolute Gasteiger partial charge is 0.495 e. The summed E-state index contributed by atoms with van der Waals surface area (Å²) in [5.41, 5.74) is 2.42. The number of anilines is 1. The highest BCUT2D eigenvalue weighted by Crippen LogP contribution is 2.34. The summed E-state index contributed by atoms with van der Waals surface area (Å²) < 4.78 is 34.7. The van der Waals surface area contributed by atoms with Crippen LogP contribution in [-0.2, 0) is 26.2 Å². The van der Waals surface area contributed by atoms with E-state index in [0.29, 0.717) is 28.6 Å². The van der Waals surface area contributed by atoms with Crippen molar-refractivity contribution in [3.63, 3.8) is 0 Å². The van der Waals surface area contributed by atoms with E-state index in [-0.39, 0.29) is 28.8 Å². The van der Waals surface area contributed by atoms with Gasteiger partial charge in [-0.3, -0.25) is 13.9 Å². The average Bonchev–Trinajstić information content (AvgIpc) is 2.93. The number of hydrogen-bond donors (Lipinski definition) is 1. The Labute approximate surface area is 252 Å². The molecule has 0 spiro atoms. The number of ether oxygens (including phenoxy) is 1. The smallest absolute Gasteiger partial charge is 0.264 e. The molecule has 0 aliphatic carbocycles. The van der Waals surface area contributed by atoms with Crippen LogP contribution in [0.15, 0.2) is 65.6 Å². The fourth-order valence-electron chi connectivity index (χ4n) is 4.16. The van der Waals surface area contributed by atoms with Crippen LogP contribution in [0.5, 0.6) is 5.75 Å². The van der Waals surface area contributed by atoms with E-state index in [1.807, 2.05) is 20.8 Å². The van der Waals surface area contributed by atoms with Crippen molar-refractivity contribution in [2.75, 3.05) is 24.5 Å². The predicted octanol–water partition coefficient (Wildman–Crippen LogP) is 5.76.